The molecule has 3 aromatic rings. The zero-order chi connectivity index (χ0) is 14.8. The summed E-state index contributed by atoms with van der Waals surface area (Å²) >= 11 is 0. The molecule has 4 heterocycles. The van der Waals surface area contributed by atoms with Crippen LogP contribution in [0.5, 0.6) is 0 Å². The van der Waals surface area contributed by atoms with Crippen LogP contribution in [0.25, 0.3) is 11.5 Å². The highest BCUT2D eigenvalue weighted by Gasteiger charge is 2.24. The minimum absolute atomic E-state index is 0.272. The van der Waals surface area contributed by atoms with E-state index in [1.807, 2.05) is 16.9 Å². The molecule has 112 valence electrons. The smallest absolute Gasteiger partial charge is 0.225 e. The highest BCUT2D eigenvalue weighted by molar-refractivity contribution is 5.45. The maximum Gasteiger partial charge on any atom is 0.225 e. The molecule has 3 aromatic heterocycles. The van der Waals surface area contributed by atoms with Gasteiger partial charge in [-0.3, -0.25) is 0 Å². The molecule has 8 heteroatoms. The van der Waals surface area contributed by atoms with Gasteiger partial charge in [0.05, 0.1) is 12.2 Å². The summed E-state index contributed by atoms with van der Waals surface area (Å²) in [6.07, 6.45) is 11.1. The molecule has 0 spiro atoms. The van der Waals surface area contributed by atoms with Gasteiger partial charge in [0, 0.05) is 37.9 Å². The van der Waals surface area contributed by atoms with E-state index in [1.54, 1.807) is 24.8 Å². The number of rotatable bonds is 3. The van der Waals surface area contributed by atoms with Crippen molar-refractivity contribution in [3.05, 3.63) is 37.1 Å². The van der Waals surface area contributed by atoms with Gasteiger partial charge in [-0.1, -0.05) is 5.21 Å². The van der Waals surface area contributed by atoms with Crippen LogP contribution < -0.4 is 4.90 Å². The monoisotopic (exact) mass is 296 g/mol. The van der Waals surface area contributed by atoms with Crippen molar-refractivity contribution in [3.63, 3.8) is 0 Å². The average molecular weight is 296 g/mol. The van der Waals surface area contributed by atoms with Gasteiger partial charge in [-0.25, -0.2) is 19.6 Å². The summed E-state index contributed by atoms with van der Waals surface area (Å²) in [7, 11) is 0. The van der Waals surface area contributed by atoms with E-state index in [-0.39, 0.29) is 6.04 Å². The third-order valence-corrected chi connectivity index (χ3v) is 3.86. The quantitative estimate of drug-likeness (QED) is 0.783. The number of aromatic nitrogens is 7. The van der Waals surface area contributed by atoms with Gasteiger partial charge in [-0.2, -0.15) is 0 Å². The standard InChI is InChI=1S/C14H16N8/c1-3-11(9-21(8-1)14-17-4-2-5-18-14)22-10-12(19-20-22)13-15-6-7-16-13/h2,4-7,10-11H,1,3,8-9H2,(H,15,16)/t11-/m0/s1. The van der Waals surface area contributed by atoms with Crippen LogP contribution in [0.1, 0.15) is 18.9 Å². The molecule has 0 aromatic carbocycles. The van der Waals surface area contributed by atoms with Gasteiger partial charge < -0.3 is 9.88 Å². The van der Waals surface area contributed by atoms with Crippen molar-refractivity contribution in [1.29, 1.82) is 0 Å². The molecule has 0 bridgehead atoms. The van der Waals surface area contributed by atoms with Gasteiger partial charge in [0.2, 0.25) is 5.95 Å². The Bertz CT molecular complexity index is 720. The van der Waals surface area contributed by atoms with Crippen molar-refractivity contribution >= 4 is 5.95 Å². The van der Waals surface area contributed by atoms with E-state index in [4.69, 9.17) is 0 Å². The normalized spacial score (nSPS) is 18.5. The molecule has 1 fully saturated rings. The number of hydrogen-bond donors (Lipinski definition) is 1. The summed E-state index contributed by atoms with van der Waals surface area (Å²) < 4.78 is 1.92. The van der Waals surface area contributed by atoms with Gasteiger partial charge in [0.15, 0.2) is 5.82 Å². The lowest BCUT2D eigenvalue weighted by Crippen LogP contribution is -2.37. The lowest BCUT2D eigenvalue weighted by atomic mass is 10.1. The molecule has 1 aliphatic heterocycles. The average Bonchev–Trinajstić information content (AvgIpc) is 3.27. The molecule has 0 unspecified atom stereocenters. The van der Waals surface area contributed by atoms with Crippen molar-refractivity contribution in [2.75, 3.05) is 18.0 Å². The van der Waals surface area contributed by atoms with E-state index in [9.17, 15) is 0 Å². The summed E-state index contributed by atoms with van der Waals surface area (Å²) in [4.78, 5) is 18.1. The Labute approximate surface area is 127 Å². The number of aromatic amines is 1. The van der Waals surface area contributed by atoms with Crippen molar-refractivity contribution in [2.45, 2.75) is 18.9 Å². The van der Waals surface area contributed by atoms with Crippen LogP contribution in [0.3, 0.4) is 0 Å². The summed E-state index contributed by atoms with van der Waals surface area (Å²) in [6.45, 7) is 1.81. The number of nitrogens with one attached hydrogen (secondary N) is 1. The van der Waals surface area contributed by atoms with Crippen LogP contribution in [0.4, 0.5) is 5.95 Å². The maximum atomic E-state index is 4.33. The first kappa shape index (κ1) is 12.9. The zero-order valence-corrected chi connectivity index (χ0v) is 12.0. The van der Waals surface area contributed by atoms with Crippen LogP contribution in [0, 0.1) is 0 Å². The maximum absolute atomic E-state index is 4.33. The van der Waals surface area contributed by atoms with Gasteiger partial charge >= 0.3 is 0 Å². The SMILES string of the molecule is c1cnc(N2CCC[C@H](n3cc(-c4ncc[nH]4)nn3)C2)nc1. The minimum atomic E-state index is 0.272. The molecule has 1 saturated heterocycles. The number of hydrogen-bond acceptors (Lipinski definition) is 6. The zero-order valence-electron chi connectivity index (χ0n) is 12.0. The third kappa shape index (κ3) is 2.43. The molecule has 1 N–H and O–H groups in total. The number of H-pyrrole nitrogens is 1. The van der Waals surface area contributed by atoms with Gasteiger partial charge in [-0.15, -0.1) is 5.10 Å². The molecule has 8 nitrogen and oxygen atoms in total. The number of imidazole rings is 1. The molecule has 1 aliphatic rings. The lowest BCUT2D eigenvalue weighted by molar-refractivity contribution is 0.366. The predicted octanol–water partition coefficient (Wildman–Crippen LogP) is 1.30. The molecular weight excluding hydrogens is 280 g/mol. The van der Waals surface area contributed by atoms with Crippen molar-refractivity contribution in [2.24, 2.45) is 0 Å². The third-order valence-electron chi connectivity index (χ3n) is 3.86. The summed E-state index contributed by atoms with van der Waals surface area (Å²) in [5.74, 6) is 1.52. The molecule has 0 saturated carbocycles. The van der Waals surface area contributed by atoms with Gasteiger partial charge in [0.1, 0.15) is 5.69 Å². The van der Waals surface area contributed by atoms with Crippen LogP contribution in [-0.2, 0) is 0 Å². The Hall–Kier alpha value is -2.77. The minimum Gasteiger partial charge on any atom is -0.343 e. The molecule has 4 rings (SSSR count). The van der Waals surface area contributed by atoms with Gasteiger partial charge in [-0.05, 0) is 18.9 Å². The first-order chi connectivity index (χ1) is 10.9. The summed E-state index contributed by atoms with van der Waals surface area (Å²) in [5, 5.41) is 8.46. The van der Waals surface area contributed by atoms with Crippen LogP contribution >= 0.6 is 0 Å². The van der Waals surface area contributed by atoms with E-state index >= 15 is 0 Å². The van der Waals surface area contributed by atoms with Crippen molar-refractivity contribution in [1.82, 2.24) is 34.9 Å². The molecular formula is C14H16N8. The second-order valence-electron chi connectivity index (χ2n) is 5.31. The number of nitrogens with zero attached hydrogens (tertiary/aromatic N) is 7. The highest BCUT2D eigenvalue weighted by atomic mass is 15.4. The summed E-state index contributed by atoms with van der Waals surface area (Å²) in [6, 6.07) is 2.10. The van der Waals surface area contributed by atoms with Crippen molar-refractivity contribution in [3.8, 4) is 11.5 Å². The van der Waals surface area contributed by atoms with E-state index in [0.717, 1.165) is 43.4 Å². The first-order valence-electron chi connectivity index (χ1n) is 7.34. The Balaban J connectivity index is 1.53. The molecule has 0 radical (unpaired) electrons. The van der Waals surface area contributed by atoms with Crippen LogP contribution in [0.15, 0.2) is 37.1 Å². The Morgan fingerprint density at radius 2 is 2.05 bits per heavy atom. The van der Waals surface area contributed by atoms with E-state index < -0.39 is 0 Å². The van der Waals surface area contributed by atoms with Crippen LogP contribution in [-0.4, -0.2) is 48.0 Å². The number of piperidine rings is 1. The molecule has 1 atom stereocenters. The Morgan fingerprint density at radius 3 is 2.86 bits per heavy atom. The number of anilines is 1. The fourth-order valence-corrected chi connectivity index (χ4v) is 2.78. The Kier molecular flexibility index (Phi) is 3.26. The van der Waals surface area contributed by atoms with E-state index in [2.05, 4.69) is 35.1 Å². The molecule has 0 amide bonds. The van der Waals surface area contributed by atoms with E-state index in [1.165, 1.54) is 0 Å². The predicted molar refractivity (Wildman–Crippen MR) is 80.1 cm³/mol. The molecule has 0 aliphatic carbocycles. The second kappa shape index (κ2) is 5.55. The highest BCUT2D eigenvalue weighted by Crippen LogP contribution is 2.24. The largest absolute Gasteiger partial charge is 0.343 e. The topological polar surface area (TPSA) is 88.4 Å². The van der Waals surface area contributed by atoms with Crippen LogP contribution in [0.2, 0.25) is 0 Å². The fraction of sp³-hybridized carbons (Fsp3) is 0.357. The molecule has 22 heavy (non-hydrogen) atoms. The fourth-order valence-electron chi connectivity index (χ4n) is 2.78. The Morgan fingerprint density at radius 1 is 1.14 bits per heavy atom. The van der Waals surface area contributed by atoms with E-state index in [0.29, 0.717) is 0 Å². The van der Waals surface area contributed by atoms with Gasteiger partial charge in [0.25, 0.3) is 0 Å². The summed E-state index contributed by atoms with van der Waals surface area (Å²) in [5.41, 5.74) is 0.762. The van der Waals surface area contributed by atoms with Crippen molar-refractivity contribution < 1.29 is 0 Å². The lowest BCUT2D eigenvalue weighted by Gasteiger charge is -2.32. The first-order valence-corrected chi connectivity index (χ1v) is 7.34. The second-order valence-corrected chi connectivity index (χ2v) is 5.31.